The second-order valence-corrected chi connectivity index (χ2v) is 7.80. The second-order valence-electron chi connectivity index (χ2n) is 6.12. The minimum Gasteiger partial charge on any atom is -0.494 e. The van der Waals surface area contributed by atoms with Crippen LogP contribution in [0, 0.1) is 6.92 Å². The lowest BCUT2D eigenvalue weighted by Crippen LogP contribution is -2.27. The molecule has 2 aromatic carbocycles. The number of rotatable bonds is 6. The third-order valence-corrected chi connectivity index (χ3v) is 5.33. The summed E-state index contributed by atoms with van der Waals surface area (Å²) < 4.78 is 6.23. The van der Waals surface area contributed by atoms with Crippen LogP contribution in [0.15, 0.2) is 53.4 Å². The molecule has 0 aromatic heterocycles. The summed E-state index contributed by atoms with van der Waals surface area (Å²) in [7, 11) is 0. The molecule has 0 radical (unpaired) electrons. The number of amides is 1. The summed E-state index contributed by atoms with van der Waals surface area (Å²) in [6, 6.07) is 15.6. The fourth-order valence-electron chi connectivity index (χ4n) is 2.53. The van der Waals surface area contributed by atoms with Gasteiger partial charge in [0.1, 0.15) is 5.75 Å². The largest absolute Gasteiger partial charge is 0.494 e. The van der Waals surface area contributed by atoms with Crippen LogP contribution >= 0.6 is 24.0 Å². The molecule has 0 aliphatic carbocycles. The normalized spacial score (nSPS) is 15.8. The Kier molecular flexibility index (Phi) is 6.12. The van der Waals surface area contributed by atoms with Crippen LogP contribution in [0.2, 0.25) is 0 Å². The van der Waals surface area contributed by atoms with Crippen LogP contribution in [0.1, 0.15) is 30.9 Å². The van der Waals surface area contributed by atoms with Crippen molar-refractivity contribution in [2.75, 3.05) is 11.5 Å². The number of anilines is 1. The number of unbranched alkanes of at least 4 members (excludes halogenated alkanes) is 1. The average molecular weight is 384 g/mol. The molecule has 1 saturated heterocycles. The van der Waals surface area contributed by atoms with Gasteiger partial charge in [-0.15, -0.1) is 0 Å². The van der Waals surface area contributed by atoms with E-state index in [4.69, 9.17) is 17.0 Å². The highest BCUT2D eigenvalue weighted by Crippen LogP contribution is 2.36. The van der Waals surface area contributed by atoms with Crippen molar-refractivity contribution in [3.05, 3.63) is 64.6 Å². The highest BCUT2D eigenvalue weighted by atomic mass is 32.2. The lowest BCUT2D eigenvalue weighted by Gasteiger charge is -2.14. The van der Waals surface area contributed by atoms with Crippen LogP contribution in [0.5, 0.6) is 5.75 Å². The Hall–Kier alpha value is -2.11. The number of aryl methyl sites for hydroxylation is 1. The molecule has 134 valence electrons. The van der Waals surface area contributed by atoms with E-state index in [9.17, 15) is 4.79 Å². The van der Waals surface area contributed by atoms with Gasteiger partial charge in [-0.1, -0.05) is 67.2 Å². The van der Waals surface area contributed by atoms with Crippen LogP contribution in [-0.2, 0) is 4.79 Å². The predicted molar refractivity (Wildman–Crippen MR) is 114 cm³/mol. The van der Waals surface area contributed by atoms with E-state index in [2.05, 4.69) is 6.92 Å². The summed E-state index contributed by atoms with van der Waals surface area (Å²) in [5, 5.41) is 0. The molecule has 0 N–H and O–H groups in total. The number of ether oxygens (including phenoxy) is 1. The van der Waals surface area contributed by atoms with E-state index in [1.807, 2.05) is 61.5 Å². The number of hydrogen-bond donors (Lipinski definition) is 0. The van der Waals surface area contributed by atoms with Crippen molar-refractivity contribution >= 4 is 46.0 Å². The van der Waals surface area contributed by atoms with E-state index in [0.29, 0.717) is 9.23 Å². The van der Waals surface area contributed by atoms with Gasteiger partial charge in [-0.05, 0) is 49.2 Å². The molecule has 3 nitrogen and oxygen atoms in total. The molecule has 1 aliphatic heterocycles. The van der Waals surface area contributed by atoms with Crippen molar-refractivity contribution in [3.63, 3.8) is 0 Å². The van der Waals surface area contributed by atoms with Gasteiger partial charge >= 0.3 is 0 Å². The molecule has 0 unspecified atom stereocenters. The fourth-order valence-corrected chi connectivity index (χ4v) is 3.83. The third kappa shape index (κ3) is 4.34. The maximum atomic E-state index is 12.8. The summed E-state index contributed by atoms with van der Waals surface area (Å²) in [6.07, 6.45) is 4.04. The first kappa shape index (κ1) is 18.7. The van der Waals surface area contributed by atoms with Crippen molar-refractivity contribution in [3.8, 4) is 5.75 Å². The maximum Gasteiger partial charge on any atom is 0.270 e. The van der Waals surface area contributed by atoms with Gasteiger partial charge in [-0.3, -0.25) is 9.69 Å². The number of thiocarbonyl (C=S) groups is 1. The van der Waals surface area contributed by atoms with E-state index in [1.165, 1.54) is 11.8 Å². The Morgan fingerprint density at radius 1 is 1.12 bits per heavy atom. The van der Waals surface area contributed by atoms with Gasteiger partial charge in [-0.2, -0.15) is 0 Å². The molecule has 1 heterocycles. The molecule has 0 bridgehead atoms. The molecule has 0 atom stereocenters. The number of carbonyl (C=O) groups is 1. The summed E-state index contributed by atoms with van der Waals surface area (Å²) in [5.41, 5.74) is 2.91. The van der Waals surface area contributed by atoms with E-state index in [1.54, 1.807) is 4.90 Å². The van der Waals surface area contributed by atoms with Crippen molar-refractivity contribution in [2.45, 2.75) is 26.7 Å². The monoisotopic (exact) mass is 383 g/mol. The predicted octanol–water partition coefficient (Wildman–Crippen LogP) is 5.58. The van der Waals surface area contributed by atoms with Gasteiger partial charge < -0.3 is 4.74 Å². The number of thioether (sulfide) groups is 1. The van der Waals surface area contributed by atoms with Crippen LogP contribution < -0.4 is 9.64 Å². The molecule has 2 aromatic rings. The minimum absolute atomic E-state index is 0.0767. The topological polar surface area (TPSA) is 29.5 Å². The summed E-state index contributed by atoms with van der Waals surface area (Å²) in [5.74, 6) is 0.773. The highest BCUT2D eigenvalue weighted by Gasteiger charge is 2.33. The van der Waals surface area contributed by atoms with E-state index in [0.717, 1.165) is 42.0 Å². The van der Waals surface area contributed by atoms with Gasteiger partial charge in [0.25, 0.3) is 5.91 Å². The molecule has 5 heteroatoms. The summed E-state index contributed by atoms with van der Waals surface area (Å²) in [6.45, 7) is 4.88. The Balaban J connectivity index is 1.74. The van der Waals surface area contributed by atoms with Crippen molar-refractivity contribution in [1.29, 1.82) is 0 Å². The molecular weight excluding hydrogens is 362 g/mol. The zero-order valence-electron chi connectivity index (χ0n) is 14.9. The quantitative estimate of drug-likeness (QED) is 0.370. The molecule has 26 heavy (non-hydrogen) atoms. The number of benzene rings is 2. The maximum absolute atomic E-state index is 12.8. The number of carbonyl (C=O) groups excluding carboxylic acids is 1. The van der Waals surface area contributed by atoms with Crippen LogP contribution in [0.4, 0.5) is 5.69 Å². The van der Waals surface area contributed by atoms with Gasteiger partial charge in [0, 0.05) is 0 Å². The SMILES string of the molecule is CCCCOc1ccc(/C=C2\SC(=S)N(c3ccc(C)cc3)C2=O)cc1. The summed E-state index contributed by atoms with van der Waals surface area (Å²) in [4.78, 5) is 15.0. The fraction of sp³-hybridized carbons (Fsp3) is 0.238. The van der Waals surface area contributed by atoms with Crippen LogP contribution in [0.25, 0.3) is 6.08 Å². The zero-order valence-corrected chi connectivity index (χ0v) is 16.5. The van der Waals surface area contributed by atoms with Gasteiger partial charge in [0.05, 0.1) is 17.2 Å². The zero-order chi connectivity index (χ0) is 18.5. The van der Waals surface area contributed by atoms with Crippen molar-refractivity contribution in [1.82, 2.24) is 0 Å². The molecule has 0 saturated carbocycles. The van der Waals surface area contributed by atoms with Gasteiger partial charge in [0.15, 0.2) is 4.32 Å². The van der Waals surface area contributed by atoms with Gasteiger partial charge in [0.2, 0.25) is 0 Å². The lowest BCUT2D eigenvalue weighted by atomic mass is 10.2. The summed E-state index contributed by atoms with van der Waals surface area (Å²) >= 11 is 6.75. The number of hydrogen-bond acceptors (Lipinski definition) is 4. The standard InChI is InChI=1S/C21H21NO2S2/c1-3-4-13-24-18-11-7-16(8-12-18)14-19-20(23)22(21(25)26-19)17-9-5-15(2)6-10-17/h5-12,14H,3-4,13H2,1-2H3/b19-14-. The first-order valence-electron chi connectivity index (χ1n) is 8.66. The molecule has 1 amide bonds. The number of nitrogens with zero attached hydrogens (tertiary/aromatic N) is 1. The molecule has 3 rings (SSSR count). The van der Waals surface area contributed by atoms with E-state index in [-0.39, 0.29) is 5.91 Å². The molecule has 1 fully saturated rings. The van der Waals surface area contributed by atoms with Gasteiger partial charge in [-0.25, -0.2) is 0 Å². The van der Waals surface area contributed by atoms with Crippen molar-refractivity contribution < 1.29 is 9.53 Å². The average Bonchev–Trinajstić information content (AvgIpc) is 2.91. The molecular formula is C21H21NO2S2. The Morgan fingerprint density at radius 3 is 2.46 bits per heavy atom. The Labute approximate surface area is 164 Å². The van der Waals surface area contributed by atoms with Crippen molar-refractivity contribution in [2.24, 2.45) is 0 Å². The first-order valence-corrected chi connectivity index (χ1v) is 9.88. The van der Waals surface area contributed by atoms with Crippen LogP contribution in [-0.4, -0.2) is 16.8 Å². The highest BCUT2D eigenvalue weighted by molar-refractivity contribution is 8.27. The second kappa shape index (κ2) is 8.52. The first-order chi connectivity index (χ1) is 12.6. The molecule has 1 aliphatic rings. The smallest absolute Gasteiger partial charge is 0.270 e. The Morgan fingerprint density at radius 2 is 1.81 bits per heavy atom. The van der Waals surface area contributed by atoms with E-state index < -0.39 is 0 Å². The minimum atomic E-state index is -0.0767. The third-order valence-electron chi connectivity index (χ3n) is 4.03. The molecule has 0 spiro atoms. The lowest BCUT2D eigenvalue weighted by molar-refractivity contribution is -0.113. The van der Waals surface area contributed by atoms with E-state index >= 15 is 0 Å². The van der Waals surface area contributed by atoms with Crippen LogP contribution in [0.3, 0.4) is 0 Å². The Bertz CT molecular complexity index is 826.